The molecule has 0 unspecified atom stereocenters. The van der Waals surface area contributed by atoms with E-state index in [9.17, 15) is 31.1 Å². The average Bonchev–Trinajstić information content (AvgIpc) is 2.68. The molecular weight excluding hydrogens is 414 g/mol. The van der Waals surface area contributed by atoms with E-state index < -0.39 is 40.8 Å². The van der Waals surface area contributed by atoms with Crippen LogP contribution < -0.4 is 10.6 Å². The molecule has 2 aromatic carbocycles. The van der Waals surface area contributed by atoms with E-state index in [0.717, 1.165) is 18.2 Å². The van der Waals surface area contributed by atoms with Crippen molar-refractivity contribution in [3.8, 4) is 0 Å². The van der Waals surface area contributed by atoms with Crippen LogP contribution in [-0.2, 0) is 17.5 Å². The first-order chi connectivity index (χ1) is 14.0. The molecule has 2 rings (SSSR count). The number of rotatable bonds is 5. The lowest BCUT2D eigenvalue weighted by Crippen LogP contribution is -2.42. The summed E-state index contributed by atoms with van der Waals surface area (Å²) in [7, 11) is 3.03. The topological polar surface area (TPSA) is 56.7 Å². The van der Waals surface area contributed by atoms with Crippen molar-refractivity contribution in [1.29, 1.82) is 0 Å². The maximum atomic E-state index is 13.6. The minimum absolute atomic E-state index is 0.192. The minimum Gasteiger partial charge on any atom is -0.347 e. The van der Waals surface area contributed by atoms with E-state index in [-0.39, 0.29) is 19.0 Å². The van der Waals surface area contributed by atoms with Gasteiger partial charge >= 0.3 is 6.18 Å². The van der Waals surface area contributed by atoms with Gasteiger partial charge in [-0.3, -0.25) is 9.79 Å². The maximum Gasteiger partial charge on any atom is 0.416 e. The summed E-state index contributed by atoms with van der Waals surface area (Å²) in [6, 6.07) is 6.14. The number of nitrogens with one attached hydrogen (secondary N) is 2. The quantitative estimate of drug-likeness (QED) is 0.327. The van der Waals surface area contributed by atoms with Crippen molar-refractivity contribution in [2.24, 2.45) is 4.99 Å². The fourth-order valence-electron chi connectivity index (χ4n) is 2.51. The van der Waals surface area contributed by atoms with Crippen molar-refractivity contribution in [2.75, 3.05) is 26.0 Å². The molecule has 0 spiro atoms. The van der Waals surface area contributed by atoms with Gasteiger partial charge in [-0.15, -0.1) is 0 Å². The normalized spacial score (nSPS) is 11.9. The number of aliphatic imine (C=N–C) groups is 1. The second-order valence-corrected chi connectivity index (χ2v) is 6.22. The van der Waals surface area contributed by atoms with Gasteiger partial charge in [0, 0.05) is 20.6 Å². The molecule has 2 N–H and O–H groups in total. The van der Waals surface area contributed by atoms with Crippen molar-refractivity contribution < 1.29 is 31.1 Å². The molecule has 1 amide bonds. The number of guanidine groups is 1. The van der Waals surface area contributed by atoms with Crippen molar-refractivity contribution in [3.63, 3.8) is 0 Å². The number of benzene rings is 2. The number of hydrogen-bond acceptors (Lipinski definition) is 2. The summed E-state index contributed by atoms with van der Waals surface area (Å²) in [6.07, 6.45) is -4.43. The summed E-state index contributed by atoms with van der Waals surface area (Å²) in [4.78, 5) is 17.5. The largest absolute Gasteiger partial charge is 0.416 e. The van der Waals surface area contributed by atoms with Crippen LogP contribution in [0.3, 0.4) is 0 Å². The highest BCUT2D eigenvalue weighted by Gasteiger charge is 2.30. The van der Waals surface area contributed by atoms with E-state index in [0.29, 0.717) is 11.6 Å². The van der Waals surface area contributed by atoms with Gasteiger partial charge in [0.05, 0.1) is 17.8 Å². The standard InChI is InChI=1S/C19H18F6N4O/c1-26-18(29(2)10-11-3-5-12(6-4-11)19(23,24)25)27-9-15(30)28-14-8-7-13(20)16(21)17(14)22/h3-8H,9-10H2,1-2H3,(H,26,27)(H,28,30). The van der Waals surface area contributed by atoms with Gasteiger partial charge < -0.3 is 15.5 Å². The molecule has 0 bridgehead atoms. The van der Waals surface area contributed by atoms with E-state index in [1.54, 1.807) is 11.9 Å². The number of carbonyl (C=O) groups excluding carboxylic acids is 1. The summed E-state index contributed by atoms with van der Waals surface area (Å²) >= 11 is 0. The molecule has 30 heavy (non-hydrogen) atoms. The number of hydrogen-bond donors (Lipinski definition) is 2. The number of halogens is 6. The Hall–Kier alpha value is -3.24. The maximum absolute atomic E-state index is 13.6. The number of alkyl halides is 3. The molecule has 0 atom stereocenters. The molecule has 11 heteroatoms. The molecule has 0 aromatic heterocycles. The zero-order chi connectivity index (χ0) is 22.5. The summed E-state index contributed by atoms with van der Waals surface area (Å²) in [5, 5.41) is 4.79. The van der Waals surface area contributed by atoms with Crippen molar-refractivity contribution in [3.05, 3.63) is 65.0 Å². The van der Waals surface area contributed by atoms with E-state index in [1.165, 1.54) is 19.2 Å². The highest BCUT2D eigenvalue weighted by Crippen LogP contribution is 2.29. The van der Waals surface area contributed by atoms with Gasteiger partial charge in [0.2, 0.25) is 5.91 Å². The van der Waals surface area contributed by atoms with E-state index in [1.807, 2.05) is 0 Å². The lowest BCUT2D eigenvalue weighted by molar-refractivity contribution is -0.137. The summed E-state index contributed by atoms with van der Waals surface area (Å²) in [5.41, 5.74) is -0.715. The SMILES string of the molecule is CN=C(NCC(=O)Nc1ccc(F)c(F)c1F)N(C)Cc1ccc(C(F)(F)F)cc1. The Labute approximate surface area is 168 Å². The van der Waals surface area contributed by atoms with Crippen LogP contribution in [-0.4, -0.2) is 37.4 Å². The Kier molecular flexibility index (Phi) is 7.30. The third-order valence-electron chi connectivity index (χ3n) is 3.99. The summed E-state index contributed by atoms with van der Waals surface area (Å²) in [5.74, 6) is -5.12. The number of nitrogens with zero attached hydrogens (tertiary/aromatic N) is 2. The zero-order valence-electron chi connectivity index (χ0n) is 15.9. The molecule has 2 aromatic rings. The Morgan fingerprint density at radius 3 is 2.23 bits per heavy atom. The highest BCUT2D eigenvalue weighted by atomic mass is 19.4. The van der Waals surface area contributed by atoms with Crippen LogP contribution in [0, 0.1) is 17.5 Å². The van der Waals surface area contributed by atoms with E-state index >= 15 is 0 Å². The van der Waals surface area contributed by atoms with Crippen molar-refractivity contribution in [1.82, 2.24) is 10.2 Å². The first-order valence-electron chi connectivity index (χ1n) is 8.54. The number of carbonyl (C=O) groups is 1. The fraction of sp³-hybridized carbons (Fsp3) is 0.263. The second-order valence-electron chi connectivity index (χ2n) is 6.22. The van der Waals surface area contributed by atoms with Gasteiger partial charge in [0.1, 0.15) is 0 Å². The molecule has 0 saturated carbocycles. The lowest BCUT2D eigenvalue weighted by Gasteiger charge is -2.22. The molecule has 162 valence electrons. The van der Waals surface area contributed by atoms with Gasteiger partial charge in [-0.05, 0) is 29.8 Å². The Bertz CT molecular complexity index is 928. The third-order valence-corrected chi connectivity index (χ3v) is 3.99. The predicted molar refractivity (Wildman–Crippen MR) is 99.2 cm³/mol. The van der Waals surface area contributed by atoms with Crippen LogP contribution in [0.4, 0.5) is 32.0 Å². The minimum atomic E-state index is -4.43. The van der Waals surface area contributed by atoms with Crippen LogP contribution in [0.5, 0.6) is 0 Å². The summed E-state index contributed by atoms with van der Waals surface area (Å²) < 4.78 is 77.6. The third kappa shape index (κ3) is 5.88. The lowest BCUT2D eigenvalue weighted by atomic mass is 10.1. The average molecular weight is 432 g/mol. The van der Waals surface area contributed by atoms with Crippen LogP contribution in [0.15, 0.2) is 41.4 Å². The van der Waals surface area contributed by atoms with Gasteiger partial charge in [-0.2, -0.15) is 13.2 Å². The van der Waals surface area contributed by atoms with Gasteiger partial charge in [-0.1, -0.05) is 12.1 Å². The van der Waals surface area contributed by atoms with Crippen molar-refractivity contribution in [2.45, 2.75) is 12.7 Å². The number of anilines is 1. The Morgan fingerprint density at radius 1 is 1.03 bits per heavy atom. The van der Waals surface area contributed by atoms with Gasteiger partial charge in [0.25, 0.3) is 0 Å². The molecule has 0 aliphatic heterocycles. The van der Waals surface area contributed by atoms with Crippen LogP contribution in [0.25, 0.3) is 0 Å². The predicted octanol–water partition coefficient (Wildman–Crippen LogP) is 3.77. The molecule has 0 heterocycles. The first kappa shape index (κ1) is 23.0. The second kappa shape index (κ2) is 9.51. The van der Waals surface area contributed by atoms with E-state index in [2.05, 4.69) is 15.6 Å². The first-order valence-corrected chi connectivity index (χ1v) is 8.54. The number of amides is 1. The Morgan fingerprint density at radius 2 is 1.67 bits per heavy atom. The summed E-state index contributed by atoms with van der Waals surface area (Å²) in [6.45, 7) is -0.181. The molecule has 0 radical (unpaired) electrons. The fourth-order valence-corrected chi connectivity index (χ4v) is 2.51. The van der Waals surface area contributed by atoms with Crippen molar-refractivity contribution >= 4 is 17.6 Å². The van der Waals surface area contributed by atoms with E-state index in [4.69, 9.17) is 0 Å². The Balaban J connectivity index is 1.93. The van der Waals surface area contributed by atoms with Crippen LogP contribution >= 0.6 is 0 Å². The molecule has 0 saturated heterocycles. The van der Waals surface area contributed by atoms with Gasteiger partial charge in [0.15, 0.2) is 23.4 Å². The highest BCUT2D eigenvalue weighted by molar-refractivity contribution is 5.95. The molecule has 5 nitrogen and oxygen atoms in total. The molecular formula is C19H18F6N4O. The van der Waals surface area contributed by atoms with Crippen LogP contribution in [0.2, 0.25) is 0 Å². The molecule has 0 aliphatic rings. The van der Waals surface area contributed by atoms with Crippen LogP contribution in [0.1, 0.15) is 11.1 Å². The zero-order valence-corrected chi connectivity index (χ0v) is 15.9. The molecule has 0 fully saturated rings. The monoisotopic (exact) mass is 432 g/mol. The van der Waals surface area contributed by atoms with Gasteiger partial charge in [-0.25, -0.2) is 13.2 Å². The molecule has 0 aliphatic carbocycles. The smallest absolute Gasteiger partial charge is 0.347 e.